The largest absolute Gasteiger partial charge is 0.416 e. The van der Waals surface area contributed by atoms with E-state index < -0.39 is 17.8 Å². The van der Waals surface area contributed by atoms with Gasteiger partial charge in [-0.05, 0) is 35.7 Å². The zero-order chi connectivity index (χ0) is 23.2. The summed E-state index contributed by atoms with van der Waals surface area (Å²) in [5, 5.41) is 12.6. The second kappa shape index (κ2) is 9.33. The Kier molecular flexibility index (Phi) is 6.78. The first-order chi connectivity index (χ1) is 15.8. The highest BCUT2D eigenvalue weighted by atomic mass is 35.5. The lowest BCUT2D eigenvalue weighted by atomic mass is 9.71. The van der Waals surface area contributed by atoms with E-state index in [1.807, 2.05) is 36.4 Å². The van der Waals surface area contributed by atoms with Gasteiger partial charge in [-0.15, -0.1) is 19.0 Å². The van der Waals surface area contributed by atoms with Crippen LogP contribution >= 0.6 is 12.4 Å². The Labute approximate surface area is 203 Å². The minimum atomic E-state index is -4.34. The van der Waals surface area contributed by atoms with Gasteiger partial charge in [0.1, 0.15) is 18.7 Å². The van der Waals surface area contributed by atoms with Gasteiger partial charge in [-0.3, -0.25) is 4.98 Å². The molecule has 0 saturated carbocycles. The van der Waals surface area contributed by atoms with Crippen molar-refractivity contribution in [3.63, 3.8) is 0 Å². The van der Waals surface area contributed by atoms with Gasteiger partial charge in [0.2, 0.25) is 0 Å². The molecule has 3 aliphatic rings. The van der Waals surface area contributed by atoms with Crippen LogP contribution < -0.4 is 0 Å². The fourth-order valence-corrected chi connectivity index (χ4v) is 6.13. The summed E-state index contributed by atoms with van der Waals surface area (Å²) in [5.74, 6) is 0.827. The van der Waals surface area contributed by atoms with Gasteiger partial charge in [0.15, 0.2) is 0 Å². The Bertz CT molecular complexity index is 1160. The predicted molar refractivity (Wildman–Crippen MR) is 129 cm³/mol. The fourth-order valence-electron chi connectivity index (χ4n) is 6.13. The zero-order valence-corrected chi connectivity index (χ0v) is 19.6. The van der Waals surface area contributed by atoms with Crippen LogP contribution in [0.2, 0.25) is 0 Å². The number of aliphatic hydroxyl groups is 1. The number of quaternary nitrogens is 1. The van der Waals surface area contributed by atoms with Crippen molar-refractivity contribution in [2.75, 3.05) is 13.1 Å². The van der Waals surface area contributed by atoms with Crippen LogP contribution in [0.5, 0.6) is 0 Å². The van der Waals surface area contributed by atoms with E-state index in [0.717, 1.165) is 60.1 Å². The molecule has 0 amide bonds. The Morgan fingerprint density at radius 2 is 1.85 bits per heavy atom. The van der Waals surface area contributed by atoms with Gasteiger partial charge in [-0.1, -0.05) is 36.4 Å². The molecule has 0 spiro atoms. The number of pyridine rings is 1. The normalized spacial score (nSPS) is 27.2. The SMILES string of the molecule is C=C[C@@H]1C[N+]2(Cc3ccc(C(F)(F)F)cc3)CCC1C[C@H]2[C@H](O)c1ccnc2ccccc12.Cl. The van der Waals surface area contributed by atoms with Crippen molar-refractivity contribution in [2.24, 2.45) is 11.8 Å². The highest BCUT2D eigenvalue weighted by Crippen LogP contribution is 2.48. The molecule has 3 aliphatic heterocycles. The average Bonchev–Trinajstić information content (AvgIpc) is 2.83. The lowest BCUT2D eigenvalue weighted by molar-refractivity contribution is -0.984. The maximum atomic E-state index is 13.1. The van der Waals surface area contributed by atoms with E-state index in [9.17, 15) is 18.3 Å². The van der Waals surface area contributed by atoms with Crippen molar-refractivity contribution in [2.45, 2.75) is 37.7 Å². The van der Waals surface area contributed by atoms with Crippen LogP contribution in [0.3, 0.4) is 0 Å². The monoisotopic (exact) mass is 489 g/mol. The summed E-state index contributed by atoms with van der Waals surface area (Å²) in [4.78, 5) is 4.43. The molecule has 5 atom stereocenters. The van der Waals surface area contributed by atoms with E-state index in [4.69, 9.17) is 0 Å². The van der Waals surface area contributed by atoms with Crippen LogP contribution in [0.25, 0.3) is 10.9 Å². The summed E-state index contributed by atoms with van der Waals surface area (Å²) >= 11 is 0. The third-order valence-corrected chi connectivity index (χ3v) is 7.82. The van der Waals surface area contributed by atoms with Crippen LogP contribution in [0, 0.1) is 11.8 Å². The molecule has 3 fully saturated rings. The van der Waals surface area contributed by atoms with Crippen LogP contribution in [0.1, 0.15) is 35.6 Å². The maximum Gasteiger partial charge on any atom is 0.416 e. The third-order valence-electron chi connectivity index (χ3n) is 7.82. The number of halogens is 4. The van der Waals surface area contributed by atoms with Crippen molar-refractivity contribution in [1.29, 1.82) is 0 Å². The smallest absolute Gasteiger partial charge is 0.382 e. The van der Waals surface area contributed by atoms with E-state index in [1.54, 1.807) is 18.3 Å². The van der Waals surface area contributed by atoms with Gasteiger partial charge in [-0.2, -0.15) is 13.2 Å². The van der Waals surface area contributed by atoms with Crippen molar-refractivity contribution in [1.82, 2.24) is 4.98 Å². The number of alkyl halides is 3. The van der Waals surface area contributed by atoms with Crippen LogP contribution in [0.4, 0.5) is 13.2 Å². The number of hydrogen-bond donors (Lipinski definition) is 1. The van der Waals surface area contributed by atoms with Crippen molar-refractivity contribution >= 4 is 23.3 Å². The molecule has 3 saturated heterocycles. The van der Waals surface area contributed by atoms with Crippen LogP contribution in [-0.2, 0) is 12.7 Å². The second-order valence-electron chi connectivity index (χ2n) is 9.59. The molecule has 180 valence electrons. The second-order valence-corrected chi connectivity index (χ2v) is 9.59. The summed E-state index contributed by atoms with van der Waals surface area (Å²) in [7, 11) is 0. The fraction of sp³-hybridized carbons (Fsp3) is 0.370. The van der Waals surface area contributed by atoms with E-state index in [1.165, 1.54) is 0 Å². The van der Waals surface area contributed by atoms with E-state index >= 15 is 0 Å². The highest BCUT2D eigenvalue weighted by Gasteiger charge is 2.54. The van der Waals surface area contributed by atoms with Gasteiger partial charge < -0.3 is 9.59 Å². The summed E-state index contributed by atoms with van der Waals surface area (Å²) in [5.41, 5.74) is 1.96. The van der Waals surface area contributed by atoms with E-state index in [2.05, 4.69) is 11.6 Å². The molecule has 2 unspecified atom stereocenters. The summed E-state index contributed by atoms with van der Waals surface area (Å²) in [6.07, 6.45) is 0.648. The number of fused-ring (bicyclic) bond motifs is 4. The Balaban J connectivity index is 0.00000274. The first-order valence-electron chi connectivity index (χ1n) is 11.5. The lowest BCUT2D eigenvalue weighted by Gasteiger charge is -2.58. The average molecular weight is 490 g/mol. The van der Waals surface area contributed by atoms with Gasteiger partial charge >= 0.3 is 6.18 Å². The number of para-hydroxylation sites is 1. The summed E-state index contributed by atoms with van der Waals surface area (Å²) in [6.45, 7) is 6.39. The first-order valence-corrected chi connectivity index (χ1v) is 11.5. The standard InChI is InChI=1S/C27H28F3N2O.ClH/c1-2-19-17-32(16-18-7-9-21(10-8-18)27(28,29)30)14-12-20(19)15-25(32)26(33)23-11-13-31-24-6-4-3-5-22(23)24;/h2-11,13,19-20,25-26,33H,1,12,14-17H2;1H/q+1;/t19-,20?,25+,26-,32?;/m1./s1. The molecule has 4 heterocycles. The van der Waals surface area contributed by atoms with Crippen molar-refractivity contribution < 1.29 is 22.8 Å². The number of benzene rings is 2. The third kappa shape index (κ3) is 4.35. The molecule has 3 nitrogen and oxygen atoms in total. The molecule has 2 bridgehead atoms. The van der Waals surface area contributed by atoms with Gasteiger partial charge in [0.25, 0.3) is 0 Å². The Morgan fingerprint density at radius 1 is 1.12 bits per heavy atom. The van der Waals surface area contributed by atoms with Crippen molar-refractivity contribution in [3.8, 4) is 0 Å². The maximum absolute atomic E-state index is 13.1. The lowest BCUT2D eigenvalue weighted by Crippen LogP contribution is -2.67. The van der Waals surface area contributed by atoms with E-state index in [0.29, 0.717) is 22.9 Å². The number of hydrogen-bond acceptors (Lipinski definition) is 2. The molecule has 1 N–H and O–H groups in total. The number of aromatic nitrogens is 1. The Hall–Kier alpha value is -2.41. The molecular formula is C27H29ClF3N2O+. The molecule has 34 heavy (non-hydrogen) atoms. The molecule has 0 aliphatic carbocycles. The molecule has 3 aromatic rings. The van der Waals surface area contributed by atoms with Crippen LogP contribution in [-0.4, -0.2) is 33.7 Å². The highest BCUT2D eigenvalue weighted by molar-refractivity contribution is 5.85. The molecular weight excluding hydrogens is 461 g/mol. The van der Waals surface area contributed by atoms with Gasteiger partial charge in [-0.25, -0.2) is 0 Å². The van der Waals surface area contributed by atoms with Gasteiger partial charge in [0.05, 0.1) is 24.2 Å². The predicted octanol–water partition coefficient (Wildman–Crippen LogP) is 6.32. The number of piperidine rings is 3. The number of nitrogens with zero attached hydrogens (tertiary/aromatic N) is 2. The Morgan fingerprint density at radius 3 is 2.56 bits per heavy atom. The molecule has 2 aromatic carbocycles. The minimum Gasteiger partial charge on any atom is -0.382 e. The van der Waals surface area contributed by atoms with Gasteiger partial charge in [0, 0.05) is 35.9 Å². The first kappa shape index (κ1) is 24.7. The van der Waals surface area contributed by atoms with Crippen molar-refractivity contribution in [3.05, 3.63) is 90.1 Å². The van der Waals surface area contributed by atoms with Crippen LogP contribution in [0.15, 0.2) is 73.4 Å². The number of aliphatic hydroxyl groups excluding tert-OH is 1. The molecule has 6 rings (SSSR count). The quantitative estimate of drug-likeness (QED) is 0.336. The molecule has 1 aromatic heterocycles. The molecule has 0 radical (unpaired) electrons. The molecule has 7 heteroatoms. The zero-order valence-electron chi connectivity index (χ0n) is 18.8. The number of rotatable bonds is 5. The topological polar surface area (TPSA) is 33.1 Å². The minimum absolute atomic E-state index is 0. The summed E-state index contributed by atoms with van der Waals surface area (Å²) < 4.78 is 39.8. The van der Waals surface area contributed by atoms with E-state index in [-0.39, 0.29) is 18.4 Å². The summed E-state index contributed by atoms with van der Waals surface area (Å²) in [6, 6.07) is 15.2.